The summed E-state index contributed by atoms with van der Waals surface area (Å²) in [4.78, 5) is 50.4. The van der Waals surface area contributed by atoms with Crippen LogP contribution < -0.4 is 33.2 Å². The van der Waals surface area contributed by atoms with E-state index in [2.05, 4.69) is 16.0 Å². The predicted octanol–water partition coefficient (Wildman–Crippen LogP) is -0.0901. The van der Waals surface area contributed by atoms with Crippen LogP contribution in [0.4, 0.5) is 0 Å². The number of hydrogen-bond acceptors (Lipinski definition) is 8. The van der Waals surface area contributed by atoms with Gasteiger partial charge in [0.1, 0.15) is 18.1 Å². The van der Waals surface area contributed by atoms with E-state index in [9.17, 15) is 24.3 Å². The van der Waals surface area contributed by atoms with Gasteiger partial charge in [0.15, 0.2) is 0 Å². The standard InChI is InChI=1S/C23H46N6O5S/c1-4-15(2)19(29-20(30)16(26)11-14-35-3)22(32)27-17(9-5-7-12-24)21(31)28-18(23(33)34)10-6-8-13-25/h15-19H,4-14,24-26H2,1-3H3,(H,27,32)(H,28,31)(H,29,30)(H,33,34). The lowest BCUT2D eigenvalue weighted by Gasteiger charge is -2.28. The van der Waals surface area contributed by atoms with Crippen molar-refractivity contribution in [3.05, 3.63) is 0 Å². The lowest BCUT2D eigenvalue weighted by molar-refractivity contribution is -0.142. The molecule has 0 aliphatic carbocycles. The van der Waals surface area contributed by atoms with Crippen molar-refractivity contribution in [3.8, 4) is 0 Å². The summed E-state index contributed by atoms with van der Waals surface area (Å²) < 4.78 is 0. The van der Waals surface area contributed by atoms with Crippen molar-refractivity contribution < 1.29 is 24.3 Å². The molecule has 11 nitrogen and oxygen atoms in total. The number of carbonyl (C=O) groups excluding carboxylic acids is 3. The maximum absolute atomic E-state index is 13.2. The maximum Gasteiger partial charge on any atom is 0.326 e. The number of nitrogens with one attached hydrogen (secondary N) is 3. The average molecular weight is 519 g/mol. The van der Waals surface area contributed by atoms with E-state index < -0.39 is 47.9 Å². The second-order valence-electron chi connectivity index (χ2n) is 8.79. The molecule has 12 heteroatoms. The second-order valence-corrected chi connectivity index (χ2v) is 9.77. The third-order valence-corrected chi connectivity index (χ3v) is 6.55. The third-order valence-electron chi connectivity index (χ3n) is 5.90. The Balaban J connectivity index is 5.47. The van der Waals surface area contributed by atoms with Crippen molar-refractivity contribution >= 4 is 35.5 Å². The molecule has 0 aromatic heterocycles. The van der Waals surface area contributed by atoms with Crippen molar-refractivity contribution in [1.82, 2.24) is 16.0 Å². The molecule has 0 saturated heterocycles. The number of carboxylic acids is 1. The number of nitrogens with two attached hydrogens (primary N) is 3. The highest BCUT2D eigenvalue weighted by Gasteiger charge is 2.32. The Hall–Kier alpha value is -1.89. The van der Waals surface area contributed by atoms with Crippen LogP contribution in [-0.2, 0) is 19.2 Å². The van der Waals surface area contributed by atoms with Crippen molar-refractivity contribution in [2.75, 3.05) is 25.1 Å². The highest BCUT2D eigenvalue weighted by atomic mass is 32.2. The van der Waals surface area contributed by atoms with Crippen molar-refractivity contribution in [1.29, 1.82) is 0 Å². The second kappa shape index (κ2) is 19.3. The Bertz CT molecular complexity index is 654. The molecular weight excluding hydrogens is 472 g/mol. The van der Waals surface area contributed by atoms with E-state index in [4.69, 9.17) is 17.2 Å². The van der Waals surface area contributed by atoms with E-state index >= 15 is 0 Å². The molecule has 0 aromatic carbocycles. The monoisotopic (exact) mass is 518 g/mol. The average Bonchev–Trinajstić information content (AvgIpc) is 2.83. The molecule has 0 rings (SSSR count). The summed E-state index contributed by atoms with van der Waals surface area (Å²) in [5.74, 6) is -2.15. The summed E-state index contributed by atoms with van der Waals surface area (Å²) in [6.07, 6.45) is 5.95. The molecule has 0 saturated carbocycles. The minimum atomic E-state index is -1.15. The van der Waals surface area contributed by atoms with E-state index in [1.165, 1.54) is 0 Å². The van der Waals surface area contributed by atoms with Crippen molar-refractivity contribution in [2.24, 2.45) is 23.1 Å². The summed E-state index contributed by atoms with van der Waals surface area (Å²) in [6, 6.07) is -3.66. The van der Waals surface area contributed by atoms with Gasteiger partial charge in [-0.15, -0.1) is 0 Å². The zero-order valence-electron chi connectivity index (χ0n) is 21.4. The molecule has 10 N–H and O–H groups in total. The quantitative estimate of drug-likeness (QED) is 0.107. The number of carbonyl (C=O) groups is 4. The van der Waals surface area contributed by atoms with E-state index in [0.717, 1.165) is 0 Å². The molecule has 0 heterocycles. The first-order chi connectivity index (χ1) is 16.6. The molecule has 0 spiro atoms. The van der Waals surface area contributed by atoms with Crippen LogP contribution in [0.5, 0.6) is 0 Å². The Morgan fingerprint density at radius 3 is 1.86 bits per heavy atom. The number of aliphatic carboxylic acids is 1. The molecule has 0 aliphatic rings. The van der Waals surface area contributed by atoms with Gasteiger partial charge in [-0.05, 0) is 76.0 Å². The third kappa shape index (κ3) is 13.7. The van der Waals surface area contributed by atoms with Crippen LogP contribution in [0.3, 0.4) is 0 Å². The largest absolute Gasteiger partial charge is 0.480 e. The van der Waals surface area contributed by atoms with E-state index in [0.29, 0.717) is 63.8 Å². The summed E-state index contributed by atoms with van der Waals surface area (Å²) in [5, 5.41) is 17.5. The lowest BCUT2D eigenvalue weighted by atomic mass is 9.97. The van der Waals surface area contributed by atoms with Gasteiger partial charge < -0.3 is 38.3 Å². The smallest absolute Gasteiger partial charge is 0.326 e. The summed E-state index contributed by atoms with van der Waals surface area (Å²) in [6.45, 7) is 4.59. The van der Waals surface area contributed by atoms with Gasteiger partial charge in [-0.2, -0.15) is 11.8 Å². The molecule has 5 unspecified atom stereocenters. The summed E-state index contributed by atoms with van der Waals surface area (Å²) >= 11 is 1.58. The normalized spacial score (nSPS) is 15.4. The topological polar surface area (TPSA) is 203 Å². The van der Waals surface area contributed by atoms with Crippen LogP contribution in [0.25, 0.3) is 0 Å². The molecule has 35 heavy (non-hydrogen) atoms. The van der Waals surface area contributed by atoms with E-state index in [1.54, 1.807) is 11.8 Å². The first kappa shape index (κ1) is 33.1. The fourth-order valence-corrected chi connectivity index (χ4v) is 3.87. The Morgan fingerprint density at radius 1 is 0.829 bits per heavy atom. The van der Waals surface area contributed by atoms with Crippen molar-refractivity contribution in [2.45, 2.75) is 89.4 Å². The first-order valence-corrected chi connectivity index (χ1v) is 13.8. The number of carboxylic acid groups (broad SMARTS) is 1. The van der Waals surface area contributed by atoms with Gasteiger partial charge in [0.05, 0.1) is 6.04 Å². The lowest BCUT2D eigenvalue weighted by Crippen LogP contribution is -2.58. The summed E-state index contributed by atoms with van der Waals surface area (Å²) in [7, 11) is 0. The predicted molar refractivity (Wildman–Crippen MR) is 140 cm³/mol. The number of unbranched alkanes of at least 4 members (excludes halogenated alkanes) is 2. The van der Waals surface area contributed by atoms with Gasteiger partial charge in [0.2, 0.25) is 17.7 Å². The first-order valence-electron chi connectivity index (χ1n) is 12.4. The number of rotatable bonds is 20. The van der Waals surface area contributed by atoms with Gasteiger partial charge in [-0.3, -0.25) is 14.4 Å². The minimum absolute atomic E-state index is 0.206. The van der Waals surface area contributed by atoms with Gasteiger partial charge in [-0.25, -0.2) is 4.79 Å². The summed E-state index contributed by atoms with van der Waals surface area (Å²) in [5.41, 5.74) is 17.0. The molecule has 5 atom stereocenters. The zero-order valence-corrected chi connectivity index (χ0v) is 22.2. The fraction of sp³-hybridized carbons (Fsp3) is 0.826. The molecule has 0 aliphatic heterocycles. The number of hydrogen-bond donors (Lipinski definition) is 7. The van der Waals surface area contributed by atoms with E-state index in [-0.39, 0.29) is 12.3 Å². The molecule has 0 aromatic rings. The minimum Gasteiger partial charge on any atom is -0.480 e. The molecule has 3 amide bonds. The SMILES string of the molecule is CCC(C)C(NC(=O)C(N)CCSC)C(=O)NC(CCCCN)C(=O)NC(CCCCN)C(=O)O. The van der Waals surface area contributed by atoms with E-state index in [1.807, 2.05) is 20.1 Å². The maximum atomic E-state index is 13.2. The molecule has 0 fully saturated rings. The molecule has 0 radical (unpaired) electrons. The van der Waals surface area contributed by atoms with Gasteiger partial charge >= 0.3 is 5.97 Å². The van der Waals surface area contributed by atoms with Crippen LogP contribution in [0.15, 0.2) is 0 Å². The van der Waals surface area contributed by atoms with Crippen LogP contribution >= 0.6 is 11.8 Å². The molecule has 204 valence electrons. The number of amides is 3. The Labute approximate surface area is 213 Å². The highest BCUT2D eigenvalue weighted by molar-refractivity contribution is 7.98. The molecule has 0 bridgehead atoms. The Kier molecular flexibility index (Phi) is 18.3. The van der Waals surface area contributed by atoms with Crippen LogP contribution in [-0.4, -0.2) is 78.1 Å². The van der Waals surface area contributed by atoms with Gasteiger partial charge in [-0.1, -0.05) is 20.3 Å². The Morgan fingerprint density at radius 2 is 1.37 bits per heavy atom. The highest BCUT2D eigenvalue weighted by Crippen LogP contribution is 2.11. The van der Waals surface area contributed by atoms with Gasteiger partial charge in [0, 0.05) is 0 Å². The molecular formula is C23H46N6O5S. The van der Waals surface area contributed by atoms with Crippen LogP contribution in [0.2, 0.25) is 0 Å². The fourth-order valence-electron chi connectivity index (χ4n) is 3.38. The van der Waals surface area contributed by atoms with Crippen LogP contribution in [0.1, 0.15) is 65.2 Å². The number of thioether (sulfide) groups is 1. The van der Waals surface area contributed by atoms with Crippen molar-refractivity contribution in [3.63, 3.8) is 0 Å². The van der Waals surface area contributed by atoms with Gasteiger partial charge in [0.25, 0.3) is 0 Å². The van der Waals surface area contributed by atoms with Crippen LogP contribution in [0, 0.1) is 5.92 Å². The zero-order chi connectivity index (χ0) is 26.8.